The predicted octanol–water partition coefficient (Wildman–Crippen LogP) is 5.20. The van der Waals surface area contributed by atoms with Crippen LogP contribution in [-0.4, -0.2) is 18.0 Å². The molecular formula is C24H19NO5. The van der Waals surface area contributed by atoms with E-state index in [0.29, 0.717) is 0 Å². The van der Waals surface area contributed by atoms with Gasteiger partial charge in [0.2, 0.25) is 0 Å². The van der Waals surface area contributed by atoms with E-state index in [0.717, 1.165) is 22.4 Å². The minimum Gasteiger partial charge on any atom is -0.497 e. The van der Waals surface area contributed by atoms with Crippen molar-refractivity contribution in [3.63, 3.8) is 0 Å². The Morgan fingerprint density at radius 3 is 2.07 bits per heavy atom. The number of rotatable bonds is 7. The summed E-state index contributed by atoms with van der Waals surface area (Å²) in [5, 5.41) is 10.7. The Hall–Kier alpha value is -4.19. The van der Waals surface area contributed by atoms with Crippen molar-refractivity contribution in [3.8, 4) is 11.5 Å². The van der Waals surface area contributed by atoms with E-state index in [9.17, 15) is 14.9 Å². The van der Waals surface area contributed by atoms with Crippen molar-refractivity contribution in [1.82, 2.24) is 0 Å². The monoisotopic (exact) mass is 401 g/mol. The molecule has 0 radical (unpaired) electrons. The Bertz CT molecular complexity index is 1070. The highest BCUT2D eigenvalue weighted by Crippen LogP contribution is 2.25. The van der Waals surface area contributed by atoms with Gasteiger partial charge in [0.15, 0.2) is 0 Å². The highest BCUT2D eigenvalue weighted by molar-refractivity contribution is 5.86. The van der Waals surface area contributed by atoms with Crippen molar-refractivity contribution in [2.24, 2.45) is 0 Å². The fraction of sp³-hybridized carbons (Fsp3) is 0.0417. The number of non-ortho nitro benzene ring substituents is 1. The lowest BCUT2D eigenvalue weighted by Gasteiger charge is -2.09. The second-order valence-electron chi connectivity index (χ2n) is 6.21. The van der Waals surface area contributed by atoms with Gasteiger partial charge in [-0.05, 0) is 41.0 Å². The number of esters is 1. The number of benzene rings is 3. The summed E-state index contributed by atoms with van der Waals surface area (Å²) in [6, 6.07) is 22.8. The molecule has 0 N–H and O–H groups in total. The van der Waals surface area contributed by atoms with Crippen LogP contribution in [0.1, 0.15) is 11.1 Å². The van der Waals surface area contributed by atoms with E-state index in [1.54, 1.807) is 13.2 Å². The predicted molar refractivity (Wildman–Crippen MR) is 114 cm³/mol. The number of methoxy groups -OCH3 is 1. The molecular weight excluding hydrogens is 382 g/mol. The molecule has 3 aromatic carbocycles. The normalized spacial score (nSPS) is 11.3. The number of allylic oxidation sites excluding steroid dienone is 2. The summed E-state index contributed by atoms with van der Waals surface area (Å²) in [5.74, 6) is 0.410. The van der Waals surface area contributed by atoms with E-state index in [1.165, 1.54) is 30.3 Å². The van der Waals surface area contributed by atoms with Crippen molar-refractivity contribution >= 4 is 17.2 Å². The first-order valence-corrected chi connectivity index (χ1v) is 9.11. The number of hydrogen-bond donors (Lipinski definition) is 0. The smallest absolute Gasteiger partial charge is 0.336 e. The zero-order chi connectivity index (χ0) is 21.3. The van der Waals surface area contributed by atoms with Gasteiger partial charge in [-0.1, -0.05) is 54.6 Å². The zero-order valence-electron chi connectivity index (χ0n) is 16.2. The Labute approximate surface area is 173 Å². The molecule has 0 saturated carbocycles. The molecule has 3 rings (SSSR count). The van der Waals surface area contributed by atoms with Crippen molar-refractivity contribution < 1.29 is 19.2 Å². The van der Waals surface area contributed by atoms with Crippen LogP contribution in [0.3, 0.4) is 0 Å². The van der Waals surface area contributed by atoms with Gasteiger partial charge in [0, 0.05) is 18.2 Å². The number of nitro groups is 1. The van der Waals surface area contributed by atoms with Crippen LogP contribution in [0.15, 0.2) is 97.1 Å². The van der Waals surface area contributed by atoms with Gasteiger partial charge in [-0.15, -0.1) is 0 Å². The maximum absolute atomic E-state index is 12.1. The SMILES string of the molecule is COc1ccc(/C(=C/C=C/C(=O)Oc2ccc([N+](=O)[O-])cc2)c2ccccc2)cc1. The van der Waals surface area contributed by atoms with Gasteiger partial charge in [-0.3, -0.25) is 10.1 Å². The minimum atomic E-state index is -0.581. The van der Waals surface area contributed by atoms with Gasteiger partial charge in [0.25, 0.3) is 5.69 Å². The first-order valence-electron chi connectivity index (χ1n) is 9.11. The van der Waals surface area contributed by atoms with Crippen molar-refractivity contribution in [1.29, 1.82) is 0 Å². The topological polar surface area (TPSA) is 78.7 Å². The molecule has 30 heavy (non-hydrogen) atoms. The van der Waals surface area contributed by atoms with E-state index in [2.05, 4.69) is 0 Å². The van der Waals surface area contributed by atoms with Crippen LogP contribution < -0.4 is 9.47 Å². The van der Waals surface area contributed by atoms with E-state index < -0.39 is 10.9 Å². The molecule has 0 fully saturated rings. The van der Waals surface area contributed by atoms with Gasteiger partial charge >= 0.3 is 5.97 Å². The van der Waals surface area contributed by atoms with E-state index in [1.807, 2.05) is 60.7 Å². The first-order chi connectivity index (χ1) is 14.6. The number of hydrogen-bond acceptors (Lipinski definition) is 5. The lowest BCUT2D eigenvalue weighted by atomic mass is 9.97. The third-order valence-corrected chi connectivity index (χ3v) is 4.25. The Morgan fingerprint density at radius 2 is 1.47 bits per heavy atom. The number of ether oxygens (including phenoxy) is 2. The van der Waals surface area contributed by atoms with Gasteiger partial charge in [0.05, 0.1) is 12.0 Å². The van der Waals surface area contributed by atoms with Gasteiger partial charge in [-0.2, -0.15) is 0 Å². The summed E-state index contributed by atoms with van der Waals surface area (Å²) in [7, 11) is 1.61. The second-order valence-corrected chi connectivity index (χ2v) is 6.21. The Kier molecular flexibility index (Phi) is 6.74. The Balaban J connectivity index is 1.78. The van der Waals surface area contributed by atoms with Crippen molar-refractivity contribution in [2.45, 2.75) is 0 Å². The number of carbonyl (C=O) groups excluding carboxylic acids is 1. The Morgan fingerprint density at radius 1 is 0.867 bits per heavy atom. The fourth-order valence-electron chi connectivity index (χ4n) is 2.76. The van der Waals surface area contributed by atoms with E-state index >= 15 is 0 Å². The molecule has 0 amide bonds. The summed E-state index contributed by atoms with van der Waals surface area (Å²) in [6.45, 7) is 0. The standard InChI is InChI=1S/C24H19NO5/c1-29-21-14-10-19(11-15-21)23(18-6-3-2-4-7-18)8-5-9-24(26)30-22-16-12-20(13-17-22)25(27)28/h2-17H,1H3/b9-5+,23-8+. The number of nitro benzene ring substituents is 1. The maximum atomic E-state index is 12.1. The average molecular weight is 401 g/mol. The summed E-state index contributed by atoms with van der Waals surface area (Å²) < 4.78 is 10.4. The highest BCUT2D eigenvalue weighted by Gasteiger charge is 2.07. The minimum absolute atomic E-state index is 0.0692. The quantitative estimate of drug-likeness (QED) is 0.136. The molecule has 3 aromatic rings. The van der Waals surface area contributed by atoms with E-state index in [-0.39, 0.29) is 11.4 Å². The van der Waals surface area contributed by atoms with Crippen LogP contribution >= 0.6 is 0 Å². The molecule has 0 spiro atoms. The molecule has 0 bridgehead atoms. The molecule has 0 heterocycles. The van der Waals surface area contributed by atoms with Gasteiger partial charge in [-0.25, -0.2) is 4.79 Å². The molecule has 0 aliphatic rings. The molecule has 0 aromatic heterocycles. The zero-order valence-corrected chi connectivity index (χ0v) is 16.2. The maximum Gasteiger partial charge on any atom is 0.336 e. The van der Waals surface area contributed by atoms with Crippen LogP contribution in [0.5, 0.6) is 11.5 Å². The molecule has 6 nitrogen and oxygen atoms in total. The molecule has 0 aliphatic heterocycles. The molecule has 0 unspecified atom stereocenters. The summed E-state index contributed by atoms with van der Waals surface area (Å²) >= 11 is 0. The second kappa shape index (κ2) is 9.84. The van der Waals surface area contributed by atoms with Crippen LogP contribution in [0, 0.1) is 10.1 Å². The number of nitrogens with zero attached hydrogens (tertiary/aromatic N) is 1. The average Bonchev–Trinajstić information content (AvgIpc) is 2.78. The van der Waals surface area contributed by atoms with Crippen LogP contribution in [0.2, 0.25) is 0 Å². The highest BCUT2D eigenvalue weighted by atomic mass is 16.6. The number of carbonyl (C=O) groups is 1. The first kappa shape index (κ1) is 20.5. The largest absolute Gasteiger partial charge is 0.497 e. The van der Waals surface area contributed by atoms with Crippen LogP contribution in [0.4, 0.5) is 5.69 Å². The lowest BCUT2D eigenvalue weighted by Crippen LogP contribution is -2.03. The summed E-state index contributed by atoms with van der Waals surface area (Å²) in [4.78, 5) is 22.2. The third-order valence-electron chi connectivity index (χ3n) is 4.25. The summed E-state index contributed by atoms with van der Waals surface area (Å²) in [6.07, 6.45) is 4.74. The fourth-order valence-corrected chi connectivity index (χ4v) is 2.76. The van der Waals surface area contributed by atoms with Gasteiger partial charge in [0.1, 0.15) is 11.5 Å². The lowest BCUT2D eigenvalue weighted by molar-refractivity contribution is -0.384. The molecule has 0 atom stereocenters. The molecule has 0 saturated heterocycles. The van der Waals surface area contributed by atoms with Crippen molar-refractivity contribution in [3.05, 3.63) is 118 Å². The molecule has 0 aliphatic carbocycles. The van der Waals surface area contributed by atoms with E-state index in [4.69, 9.17) is 9.47 Å². The molecule has 6 heteroatoms. The van der Waals surface area contributed by atoms with Crippen LogP contribution in [0.25, 0.3) is 5.57 Å². The third kappa shape index (κ3) is 5.42. The molecule has 150 valence electrons. The summed E-state index contributed by atoms with van der Waals surface area (Å²) in [5.41, 5.74) is 2.82. The van der Waals surface area contributed by atoms with Crippen molar-refractivity contribution in [2.75, 3.05) is 7.11 Å². The van der Waals surface area contributed by atoms with Gasteiger partial charge < -0.3 is 9.47 Å². The van der Waals surface area contributed by atoms with Crippen LogP contribution in [-0.2, 0) is 4.79 Å².